The van der Waals surface area contributed by atoms with Gasteiger partial charge < -0.3 is 14.4 Å². The van der Waals surface area contributed by atoms with E-state index in [2.05, 4.69) is 13.0 Å². The fraction of sp³-hybridized carbons (Fsp3) is 0.706. The number of rotatable bonds is 5. The maximum atomic E-state index is 12.2. The Hall–Kier alpha value is -1.29. The van der Waals surface area contributed by atoms with Crippen LogP contribution >= 0.6 is 0 Å². The zero-order valence-electron chi connectivity index (χ0n) is 12.8. The third-order valence-corrected chi connectivity index (χ3v) is 4.87. The van der Waals surface area contributed by atoms with Gasteiger partial charge in [0.25, 0.3) is 0 Å². The minimum atomic E-state index is 0.185. The summed E-state index contributed by atoms with van der Waals surface area (Å²) in [5.41, 5.74) is 0. The molecular formula is C17H25NO3. The Balaban J connectivity index is 1.48. The number of aliphatic hydroxyl groups excluding tert-OH is 1. The van der Waals surface area contributed by atoms with Crippen LogP contribution in [0, 0.1) is 11.8 Å². The maximum absolute atomic E-state index is 12.2. The third kappa shape index (κ3) is 3.49. The Morgan fingerprint density at radius 3 is 3.00 bits per heavy atom. The average Bonchev–Trinajstić information content (AvgIpc) is 3.06. The van der Waals surface area contributed by atoms with Crippen molar-refractivity contribution in [2.45, 2.75) is 44.9 Å². The van der Waals surface area contributed by atoms with Crippen LogP contribution in [0.25, 0.3) is 0 Å². The van der Waals surface area contributed by atoms with Gasteiger partial charge >= 0.3 is 0 Å². The molecule has 1 aromatic heterocycles. The monoisotopic (exact) mass is 291 g/mol. The van der Waals surface area contributed by atoms with Gasteiger partial charge in [-0.15, -0.1) is 0 Å². The molecule has 1 saturated carbocycles. The molecule has 1 amide bonds. The minimum absolute atomic E-state index is 0.185. The molecule has 1 aliphatic heterocycles. The molecule has 3 rings (SSSR count). The Bertz CT molecular complexity index is 496. The molecule has 1 N–H and O–H groups in total. The first-order valence-corrected chi connectivity index (χ1v) is 8.14. The number of carbonyl (C=O) groups is 1. The van der Waals surface area contributed by atoms with Crippen LogP contribution in [0.15, 0.2) is 16.5 Å². The predicted octanol–water partition coefficient (Wildman–Crippen LogP) is 2.57. The van der Waals surface area contributed by atoms with Crippen LogP contribution in [-0.4, -0.2) is 35.6 Å². The number of aryl methyl sites for hydroxylation is 1. The van der Waals surface area contributed by atoms with E-state index >= 15 is 0 Å². The summed E-state index contributed by atoms with van der Waals surface area (Å²) >= 11 is 0. The van der Waals surface area contributed by atoms with Gasteiger partial charge in [-0.2, -0.15) is 0 Å². The lowest BCUT2D eigenvalue weighted by molar-refractivity contribution is -0.133. The Kier molecular flexibility index (Phi) is 4.34. The average molecular weight is 291 g/mol. The lowest BCUT2D eigenvalue weighted by Crippen LogP contribution is -2.41. The molecule has 0 spiro atoms. The first-order chi connectivity index (χ1) is 10.2. The van der Waals surface area contributed by atoms with Crippen molar-refractivity contribution < 1.29 is 14.3 Å². The van der Waals surface area contributed by atoms with Crippen molar-refractivity contribution in [2.24, 2.45) is 11.8 Å². The first kappa shape index (κ1) is 14.6. The summed E-state index contributed by atoms with van der Waals surface area (Å²) in [6.45, 7) is 3.96. The second-order valence-corrected chi connectivity index (χ2v) is 6.65. The molecule has 0 aromatic carbocycles. The van der Waals surface area contributed by atoms with Crippen LogP contribution in [0.5, 0.6) is 0 Å². The van der Waals surface area contributed by atoms with E-state index in [4.69, 9.17) is 4.42 Å². The smallest absolute Gasteiger partial charge is 0.223 e. The molecule has 2 heterocycles. The number of carbonyl (C=O) groups excluding carboxylic acids is 1. The van der Waals surface area contributed by atoms with E-state index in [1.54, 1.807) is 0 Å². The van der Waals surface area contributed by atoms with Crippen LogP contribution in [0.2, 0.25) is 0 Å². The quantitative estimate of drug-likeness (QED) is 0.907. The van der Waals surface area contributed by atoms with Crippen molar-refractivity contribution in [3.63, 3.8) is 0 Å². The largest absolute Gasteiger partial charge is 0.466 e. The number of likely N-dealkylation sites (tertiary alicyclic amines) is 1. The van der Waals surface area contributed by atoms with E-state index in [0.29, 0.717) is 25.3 Å². The van der Waals surface area contributed by atoms with Crippen LogP contribution < -0.4 is 0 Å². The van der Waals surface area contributed by atoms with Crippen molar-refractivity contribution in [3.8, 4) is 0 Å². The van der Waals surface area contributed by atoms with Gasteiger partial charge in [0.2, 0.25) is 5.91 Å². The van der Waals surface area contributed by atoms with E-state index in [1.807, 2.05) is 11.0 Å². The van der Waals surface area contributed by atoms with E-state index in [9.17, 15) is 9.90 Å². The number of nitrogens with zero attached hydrogens (tertiary/aromatic N) is 1. The van der Waals surface area contributed by atoms with E-state index < -0.39 is 0 Å². The van der Waals surface area contributed by atoms with Gasteiger partial charge in [-0.3, -0.25) is 4.79 Å². The number of aliphatic hydroxyl groups is 1. The lowest BCUT2D eigenvalue weighted by atomic mass is 9.98. The van der Waals surface area contributed by atoms with Gasteiger partial charge in [-0.1, -0.05) is 6.92 Å². The summed E-state index contributed by atoms with van der Waals surface area (Å²) in [5, 5.41) is 9.23. The number of amides is 1. The number of hydrogen-bond donors (Lipinski definition) is 1. The summed E-state index contributed by atoms with van der Waals surface area (Å²) < 4.78 is 5.85. The molecule has 116 valence electrons. The molecular weight excluding hydrogens is 266 g/mol. The van der Waals surface area contributed by atoms with Crippen molar-refractivity contribution in [2.75, 3.05) is 19.7 Å². The van der Waals surface area contributed by atoms with Gasteiger partial charge in [-0.25, -0.2) is 0 Å². The van der Waals surface area contributed by atoms with Crippen LogP contribution in [0.3, 0.4) is 0 Å². The molecule has 1 saturated heterocycles. The summed E-state index contributed by atoms with van der Waals surface area (Å²) in [5.74, 6) is 3.80. The van der Waals surface area contributed by atoms with E-state index in [1.165, 1.54) is 6.42 Å². The Morgan fingerprint density at radius 1 is 1.48 bits per heavy atom. The van der Waals surface area contributed by atoms with Crippen LogP contribution in [0.1, 0.15) is 50.0 Å². The molecule has 3 unspecified atom stereocenters. The highest BCUT2D eigenvalue weighted by molar-refractivity contribution is 5.76. The van der Waals surface area contributed by atoms with Crippen LogP contribution in [0.4, 0.5) is 0 Å². The zero-order chi connectivity index (χ0) is 14.8. The fourth-order valence-electron chi connectivity index (χ4n) is 3.28. The molecule has 0 radical (unpaired) electrons. The van der Waals surface area contributed by atoms with E-state index in [-0.39, 0.29) is 18.4 Å². The maximum Gasteiger partial charge on any atom is 0.223 e. The van der Waals surface area contributed by atoms with Crippen molar-refractivity contribution in [1.82, 2.24) is 4.90 Å². The van der Waals surface area contributed by atoms with Gasteiger partial charge in [-0.05, 0) is 43.2 Å². The molecule has 21 heavy (non-hydrogen) atoms. The molecule has 3 atom stereocenters. The van der Waals surface area contributed by atoms with Gasteiger partial charge in [0.15, 0.2) is 0 Å². The molecule has 1 aromatic rings. The Morgan fingerprint density at radius 2 is 2.29 bits per heavy atom. The van der Waals surface area contributed by atoms with Crippen molar-refractivity contribution >= 4 is 5.91 Å². The molecule has 2 fully saturated rings. The zero-order valence-corrected chi connectivity index (χ0v) is 12.8. The highest BCUT2D eigenvalue weighted by atomic mass is 16.3. The highest BCUT2D eigenvalue weighted by Gasteiger charge is 2.36. The molecule has 0 bridgehead atoms. The predicted molar refractivity (Wildman–Crippen MR) is 79.9 cm³/mol. The van der Waals surface area contributed by atoms with E-state index in [0.717, 1.165) is 36.8 Å². The fourth-order valence-corrected chi connectivity index (χ4v) is 3.28. The van der Waals surface area contributed by atoms with Crippen molar-refractivity contribution in [1.29, 1.82) is 0 Å². The lowest BCUT2D eigenvalue weighted by Gasteiger charge is -2.31. The Labute approximate surface area is 126 Å². The number of hydrogen-bond acceptors (Lipinski definition) is 3. The first-order valence-electron chi connectivity index (χ1n) is 8.14. The SMILES string of the molecule is CC1CC1c1ccc(CCC(=O)N2CCCC(CO)C2)o1. The summed E-state index contributed by atoms with van der Waals surface area (Å²) in [4.78, 5) is 14.1. The van der Waals surface area contributed by atoms with Crippen molar-refractivity contribution in [3.05, 3.63) is 23.7 Å². The second-order valence-electron chi connectivity index (χ2n) is 6.65. The number of piperidine rings is 1. The summed E-state index contributed by atoms with van der Waals surface area (Å²) in [7, 11) is 0. The summed E-state index contributed by atoms with van der Waals surface area (Å²) in [6.07, 6.45) is 4.44. The normalized spacial score (nSPS) is 28.7. The topological polar surface area (TPSA) is 53.7 Å². The highest BCUT2D eigenvalue weighted by Crippen LogP contribution is 2.47. The van der Waals surface area contributed by atoms with Gasteiger partial charge in [0, 0.05) is 38.5 Å². The molecule has 2 aliphatic rings. The van der Waals surface area contributed by atoms with Gasteiger partial charge in [0.05, 0.1) is 0 Å². The summed E-state index contributed by atoms with van der Waals surface area (Å²) in [6, 6.07) is 4.08. The second kappa shape index (κ2) is 6.22. The molecule has 4 heteroatoms. The molecule has 1 aliphatic carbocycles. The third-order valence-electron chi connectivity index (χ3n) is 4.87. The standard InChI is InChI=1S/C17H25NO3/c1-12-9-15(12)16-6-4-14(21-16)5-7-17(20)18-8-2-3-13(10-18)11-19/h4,6,12-13,15,19H,2-3,5,7-11H2,1H3. The minimum Gasteiger partial charge on any atom is -0.466 e. The molecule has 4 nitrogen and oxygen atoms in total. The number of furan rings is 1. The van der Waals surface area contributed by atoms with Crippen LogP contribution in [-0.2, 0) is 11.2 Å². The van der Waals surface area contributed by atoms with Gasteiger partial charge in [0.1, 0.15) is 11.5 Å².